The molecule has 2 saturated carbocycles. The molecule has 0 aliphatic heterocycles. The lowest BCUT2D eigenvalue weighted by Crippen LogP contribution is -2.42. The molecule has 4 unspecified atom stereocenters. The van der Waals surface area contributed by atoms with E-state index in [1.54, 1.807) is 26.0 Å². The molecule has 140 valence electrons. The standard InChI is InChI=1S/C17H25N3O3S.ClH/c1-10(2)20-24(22,23)14-7-5-13(6-8-14)19-17(21)15-11-3-4-12(9-11)16(15)18;/h5-8,10-12,15-16,20H,3-4,9,18H2,1-2H3,(H,19,21);1H. The maximum atomic E-state index is 12.5. The van der Waals surface area contributed by atoms with Gasteiger partial charge in [-0.05, 0) is 69.2 Å². The molecule has 2 aliphatic carbocycles. The van der Waals surface area contributed by atoms with Crippen LogP contribution < -0.4 is 15.8 Å². The molecule has 25 heavy (non-hydrogen) atoms. The number of carbonyl (C=O) groups excluding carboxylic acids is 1. The number of halogens is 1. The van der Waals surface area contributed by atoms with Crippen LogP contribution in [0, 0.1) is 17.8 Å². The third-order valence-corrected chi connectivity index (χ3v) is 6.78. The van der Waals surface area contributed by atoms with E-state index in [2.05, 4.69) is 10.0 Å². The molecule has 4 N–H and O–H groups in total. The van der Waals surface area contributed by atoms with Crippen molar-refractivity contribution in [3.8, 4) is 0 Å². The van der Waals surface area contributed by atoms with Gasteiger partial charge in [-0.2, -0.15) is 0 Å². The van der Waals surface area contributed by atoms with Crippen molar-refractivity contribution in [2.75, 3.05) is 5.32 Å². The van der Waals surface area contributed by atoms with E-state index in [4.69, 9.17) is 5.73 Å². The van der Waals surface area contributed by atoms with Crippen molar-refractivity contribution >= 4 is 34.0 Å². The highest BCUT2D eigenvalue weighted by Gasteiger charge is 2.49. The third kappa shape index (κ3) is 4.16. The fourth-order valence-corrected chi connectivity index (χ4v) is 5.30. The van der Waals surface area contributed by atoms with Crippen LogP contribution in [0.25, 0.3) is 0 Å². The summed E-state index contributed by atoms with van der Waals surface area (Å²) in [7, 11) is -3.52. The summed E-state index contributed by atoms with van der Waals surface area (Å²) in [5, 5.41) is 2.88. The van der Waals surface area contributed by atoms with Gasteiger partial charge >= 0.3 is 0 Å². The summed E-state index contributed by atoms with van der Waals surface area (Å²) in [5.41, 5.74) is 6.79. The van der Waals surface area contributed by atoms with E-state index in [0.717, 1.165) is 19.3 Å². The molecule has 0 saturated heterocycles. The van der Waals surface area contributed by atoms with Gasteiger partial charge in [0.25, 0.3) is 0 Å². The number of sulfonamides is 1. The molecule has 0 aromatic heterocycles. The molecule has 3 rings (SSSR count). The van der Waals surface area contributed by atoms with Crippen molar-refractivity contribution in [2.45, 2.75) is 50.1 Å². The van der Waals surface area contributed by atoms with E-state index < -0.39 is 10.0 Å². The van der Waals surface area contributed by atoms with Crippen molar-refractivity contribution < 1.29 is 13.2 Å². The molecular weight excluding hydrogens is 362 g/mol. The number of amides is 1. The van der Waals surface area contributed by atoms with E-state index in [1.807, 2.05) is 0 Å². The Kier molecular flexibility index (Phi) is 6.14. The second-order valence-electron chi connectivity index (χ2n) is 7.23. The van der Waals surface area contributed by atoms with Crippen LogP contribution in [0.4, 0.5) is 5.69 Å². The lowest BCUT2D eigenvalue weighted by molar-refractivity contribution is -0.121. The first-order valence-corrected chi connectivity index (χ1v) is 9.95. The molecule has 0 radical (unpaired) electrons. The average molecular weight is 388 g/mol. The first-order chi connectivity index (χ1) is 11.3. The van der Waals surface area contributed by atoms with Gasteiger partial charge in [0, 0.05) is 17.8 Å². The van der Waals surface area contributed by atoms with Gasteiger partial charge in [0.1, 0.15) is 0 Å². The van der Waals surface area contributed by atoms with Gasteiger partial charge in [-0.1, -0.05) is 0 Å². The molecule has 2 bridgehead atoms. The maximum Gasteiger partial charge on any atom is 0.240 e. The predicted molar refractivity (Wildman–Crippen MR) is 100 cm³/mol. The van der Waals surface area contributed by atoms with Crippen LogP contribution in [0.15, 0.2) is 29.2 Å². The van der Waals surface area contributed by atoms with E-state index in [0.29, 0.717) is 17.5 Å². The van der Waals surface area contributed by atoms with Crippen molar-refractivity contribution in [2.24, 2.45) is 23.5 Å². The first kappa shape index (κ1) is 20.2. The minimum Gasteiger partial charge on any atom is -0.327 e. The van der Waals surface area contributed by atoms with Gasteiger partial charge in [0.15, 0.2) is 0 Å². The van der Waals surface area contributed by atoms with Gasteiger partial charge in [-0.3, -0.25) is 4.79 Å². The number of rotatable bonds is 5. The summed E-state index contributed by atoms with van der Waals surface area (Å²) >= 11 is 0. The second kappa shape index (κ2) is 7.61. The summed E-state index contributed by atoms with van der Waals surface area (Å²) in [6.45, 7) is 3.54. The normalized spacial score (nSPS) is 28.0. The quantitative estimate of drug-likeness (QED) is 0.720. The molecule has 4 atom stereocenters. The van der Waals surface area contributed by atoms with Crippen LogP contribution in [0.1, 0.15) is 33.1 Å². The Hall–Kier alpha value is -1.15. The van der Waals surface area contributed by atoms with Crippen molar-refractivity contribution in [1.82, 2.24) is 4.72 Å². The Labute approximate surface area is 155 Å². The van der Waals surface area contributed by atoms with Crippen LogP contribution >= 0.6 is 12.4 Å². The minimum atomic E-state index is -3.52. The summed E-state index contributed by atoms with van der Waals surface area (Å²) in [5.74, 6) is 0.681. The third-order valence-electron chi connectivity index (χ3n) is 5.11. The number of hydrogen-bond acceptors (Lipinski definition) is 4. The highest BCUT2D eigenvalue weighted by atomic mass is 35.5. The summed E-state index contributed by atoms with van der Waals surface area (Å²) < 4.78 is 26.7. The Morgan fingerprint density at radius 3 is 2.28 bits per heavy atom. The molecule has 1 aromatic rings. The highest BCUT2D eigenvalue weighted by molar-refractivity contribution is 7.89. The van der Waals surface area contributed by atoms with Crippen molar-refractivity contribution in [3.05, 3.63) is 24.3 Å². The lowest BCUT2D eigenvalue weighted by atomic mass is 9.84. The zero-order valence-electron chi connectivity index (χ0n) is 14.4. The van der Waals surface area contributed by atoms with E-state index in [1.165, 1.54) is 12.1 Å². The molecule has 1 amide bonds. The van der Waals surface area contributed by atoms with Crippen LogP contribution in [-0.2, 0) is 14.8 Å². The summed E-state index contributed by atoms with van der Waals surface area (Å²) in [6.07, 6.45) is 3.26. The number of anilines is 1. The minimum absolute atomic E-state index is 0. The fraction of sp³-hybridized carbons (Fsp3) is 0.588. The van der Waals surface area contributed by atoms with Crippen molar-refractivity contribution in [3.63, 3.8) is 0 Å². The van der Waals surface area contributed by atoms with Gasteiger partial charge in [-0.15, -0.1) is 12.4 Å². The number of nitrogens with two attached hydrogens (primary N) is 1. The number of carbonyl (C=O) groups is 1. The second-order valence-corrected chi connectivity index (χ2v) is 8.94. The van der Waals surface area contributed by atoms with Gasteiger partial charge in [0.05, 0.1) is 10.8 Å². The zero-order valence-corrected chi connectivity index (χ0v) is 16.1. The van der Waals surface area contributed by atoms with Gasteiger partial charge < -0.3 is 11.1 Å². The molecule has 8 heteroatoms. The van der Waals surface area contributed by atoms with Crippen LogP contribution in [0.2, 0.25) is 0 Å². The largest absolute Gasteiger partial charge is 0.327 e. The highest BCUT2D eigenvalue weighted by Crippen LogP contribution is 2.47. The van der Waals surface area contributed by atoms with E-state index in [9.17, 15) is 13.2 Å². The average Bonchev–Trinajstić information content (AvgIpc) is 3.07. The van der Waals surface area contributed by atoms with E-state index in [-0.39, 0.29) is 41.2 Å². The zero-order chi connectivity index (χ0) is 17.5. The molecular formula is C17H26ClN3O3S. The maximum absolute atomic E-state index is 12.5. The summed E-state index contributed by atoms with van der Waals surface area (Å²) in [4.78, 5) is 12.7. The van der Waals surface area contributed by atoms with Gasteiger partial charge in [0.2, 0.25) is 15.9 Å². The van der Waals surface area contributed by atoms with Crippen molar-refractivity contribution in [1.29, 1.82) is 0 Å². The SMILES string of the molecule is CC(C)NS(=O)(=O)c1ccc(NC(=O)C2C3CCC(C3)C2N)cc1.Cl. The Morgan fingerprint density at radius 2 is 1.76 bits per heavy atom. The van der Waals surface area contributed by atoms with Crippen LogP contribution in [0.5, 0.6) is 0 Å². The number of nitrogens with one attached hydrogen (secondary N) is 2. The molecule has 2 fully saturated rings. The molecule has 0 heterocycles. The molecule has 6 nitrogen and oxygen atoms in total. The number of hydrogen-bond donors (Lipinski definition) is 3. The Morgan fingerprint density at radius 1 is 1.16 bits per heavy atom. The monoisotopic (exact) mass is 387 g/mol. The molecule has 1 aromatic carbocycles. The predicted octanol–water partition coefficient (Wildman–Crippen LogP) is 2.11. The topological polar surface area (TPSA) is 101 Å². The van der Waals surface area contributed by atoms with Gasteiger partial charge in [-0.25, -0.2) is 13.1 Å². The Bertz CT molecular complexity index is 719. The summed E-state index contributed by atoms with van der Waals surface area (Å²) in [6, 6.07) is 6.01. The van der Waals surface area contributed by atoms with Crippen LogP contribution in [-0.4, -0.2) is 26.4 Å². The Balaban J connectivity index is 0.00000225. The first-order valence-electron chi connectivity index (χ1n) is 8.47. The number of fused-ring (bicyclic) bond motifs is 2. The smallest absolute Gasteiger partial charge is 0.240 e. The molecule has 2 aliphatic rings. The lowest BCUT2D eigenvalue weighted by Gasteiger charge is -2.27. The number of benzene rings is 1. The van der Waals surface area contributed by atoms with Crippen LogP contribution in [0.3, 0.4) is 0 Å². The van der Waals surface area contributed by atoms with E-state index >= 15 is 0 Å². The fourth-order valence-electron chi connectivity index (χ4n) is 4.05. The molecule has 0 spiro atoms.